The summed E-state index contributed by atoms with van der Waals surface area (Å²) in [5, 5.41) is 28.0. The Hall–Kier alpha value is -7.62. The van der Waals surface area contributed by atoms with Crippen LogP contribution in [0.2, 0.25) is 0 Å². The largest absolute Gasteiger partial charge is 0.508 e. The zero-order valence-corrected chi connectivity index (χ0v) is 43.8. The number of nitrogens with one attached hydrogen (secondary N) is 7. The highest BCUT2D eigenvalue weighted by atomic mass is 33.1. The zero-order chi connectivity index (χ0) is 56.1. The molecule has 4 rings (SSSR count). The zero-order valence-electron chi connectivity index (χ0n) is 42.2. The molecule has 0 bridgehead atoms. The Morgan fingerprint density at radius 1 is 0.763 bits per heavy atom. The Kier molecular flexibility index (Phi) is 23.6. The monoisotopic (exact) mass is 1100 g/mol. The quantitative estimate of drug-likeness (QED) is 0.0280. The van der Waals surface area contributed by atoms with Crippen LogP contribution in [0.15, 0.2) is 59.6 Å². The van der Waals surface area contributed by atoms with Crippen molar-refractivity contribution >= 4 is 92.5 Å². The van der Waals surface area contributed by atoms with Gasteiger partial charge >= 0.3 is 0 Å². The third kappa shape index (κ3) is 20.6. The van der Waals surface area contributed by atoms with E-state index in [0.717, 1.165) is 21.6 Å². The number of amides is 11. The lowest BCUT2D eigenvalue weighted by Gasteiger charge is -2.31. The van der Waals surface area contributed by atoms with Crippen molar-refractivity contribution in [3.05, 3.63) is 65.7 Å². The minimum atomic E-state index is -1.78. The lowest BCUT2D eigenvalue weighted by Crippen LogP contribution is -2.61. The molecule has 0 aliphatic carbocycles. The molecule has 26 nitrogen and oxygen atoms in total. The lowest BCUT2D eigenvalue weighted by molar-refractivity contribution is -0.142. The number of benzene rings is 2. The summed E-state index contributed by atoms with van der Waals surface area (Å²) < 4.78 is -0.938. The third-order valence-electron chi connectivity index (χ3n) is 11.9. The highest BCUT2D eigenvalue weighted by Crippen LogP contribution is 2.39. The molecule has 2 fully saturated rings. The number of phenolic OH excluding ortho intramolecular Hbond substituents is 1. The van der Waals surface area contributed by atoms with Crippen molar-refractivity contribution in [1.29, 1.82) is 0 Å². The second-order valence-electron chi connectivity index (χ2n) is 18.8. The Balaban J connectivity index is 1.73. The maximum absolute atomic E-state index is 14.7. The molecule has 2 aromatic rings. The number of phenols is 1. The number of aliphatic imine (C=N–C) groups is 1. The van der Waals surface area contributed by atoms with E-state index in [-0.39, 0.29) is 69.1 Å². The second-order valence-corrected chi connectivity index (χ2v) is 21.8. The minimum Gasteiger partial charge on any atom is -0.508 e. The summed E-state index contributed by atoms with van der Waals surface area (Å²) in [4.78, 5) is 154. The van der Waals surface area contributed by atoms with Gasteiger partial charge in [0, 0.05) is 49.3 Å². The van der Waals surface area contributed by atoms with Gasteiger partial charge in [0.05, 0.1) is 13.0 Å². The second kappa shape index (κ2) is 29.5. The maximum atomic E-state index is 14.7. The molecule has 0 radical (unpaired) electrons. The summed E-state index contributed by atoms with van der Waals surface area (Å²) in [6.45, 7) is 3.03. The van der Waals surface area contributed by atoms with Gasteiger partial charge in [-0.05, 0) is 69.2 Å². The van der Waals surface area contributed by atoms with Crippen molar-refractivity contribution in [2.75, 3.05) is 25.4 Å². The van der Waals surface area contributed by atoms with Crippen LogP contribution in [0.3, 0.4) is 0 Å². The summed E-state index contributed by atoms with van der Waals surface area (Å²) in [5.41, 5.74) is 28.2. The van der Waals surface area contributed by atoms with Crippen LogP contribution in [-0.4, -0.2) is 153 Å². The van der Waals surface area contributed by atoms with E-state index in [0.29, 0.717) is 17.5 Å². The summed E-state index contributed by atoms with van der Waals surface area (Å²) in [5.74, 6) is -9.95. The first-order valence-electron chi connectivity index (χ1n) is 24.3. The topological polar surface area (TPSA) is 438 Å². The van der Waals surface area contributed by atoms with E-state index >= 15 is 0 Å². The molecule has 7 atom stereocenters. The van der Waals surface area contributed by atoms with Gasteiger partial charge in [0.15, 0.2) is 5.96 Å². The van der Waals surface area contributed by atoms with E-state index < -0.39 is 138 Å². The van der Waals surface area contributed by atoms with Crippen LogP contribution in [-0.2, 0) is 65.6 Å². The van der Waals surface area contributed by atoms with Gasteiger partial charge in [-0.3, -0.25) is 57.7 Å². The van der Waals surface area contributed by atoms with Crippen molar-refractivity contribution < 1.29 is 57.8 Å². The van der Waals surface area contributed by atoms with Crippen LogP contribution in [0.4, 0.5) is 0 Å². The number of nitrogens with two attached hydrogens (primary N) is 5. The first-order valence-corrected chi connectivity index (χ1v) is 26.6. The fourth-order valence-electron chi connectivity index (χ4n) is 8.13. The Bertz CT molecular complexity index is 2460. The Morgan fingerprint density at radius 2 is 1.36 bits per heavy atom. The van der Waals surface area contributed by atoms with Gasteiger partial charge in [0.1, 0.15) is 48.0 Å². The number of carbonyl (C=O) groups is 11. The van der Waals surface area contributed by atoms with E-state index in [1.807, 2.05) is 0 Å². The molecule has 414 valence electrons. The molecule has 0 spiro atoms. The predicted octanol–water partition coefficient (Wildman–Crippen LogP) is -3.56. The first-order chi connectivity index (χ1) is 35.9. The van der Waals surface area contributed by atoms with E-state index in [4.69, 9.17) is 28.7 Å². The molecular formula is C48H68N14O12S2. The lowest BCUT2D eigenvalue weighted by atomic mass is 10.0. The summed E-state index contributed by atoms with van der Waals surface area (Å²) in [6, 6.07) is 4.43. The van der Waals surface area contributed by atoms with Gasteiger partial charge in [-0.15, -0.1) is 0 Å². The summed E-state index contributed by atoms with van der Waals surface area (Å²) in [6.07, 6.45) is -1.44. The van der Waals surface area contributed by atoms with Crippen LogP contribution >= 0.6 is 21.6 Å². The highest BCUT2D eigenvalue weighted by molar-refractivity contribution is 8.77. The van der Waals surface area contributed by atoms with Gasteiger partial charge in [0.25, 0.3) is 0 Å². The van der Waals surface area contributed by atoms with Gasteiger partial charge < -0.3 is 75.9 Å². The van der Waals surface area contributed by atoms with Crippen LogP contribution in [0.5, 0.6) is 5.75 Å². The van der Waals surface area contributed by atoms with Crippen LogP contribution in [0.25, 0.3) is 0 Å². The normalized spacial score (nSPS) is 22.2. The molecular weight excluding hydrogens is 1030 g/mol. The number of carbonyl (C=O) groups excluding carboxylic acids is 11. The smallest absolute Gasteiger partial charge is 0.246 e. The van der Waals surface area contributed by atoms with Gasteiger partial charge in [-0.25, -0.2) is 0 Å². The molecule has 2 aromatic carbocycles. The third-order valence-corrected chi connectivity index (χ3v) is 15.2. The molecule has 2 aliphatic rings. The van der Waals surface area contributed by atoms with Gasteiger partial charge in [-0.1, -0.05) is 64.1 Å². The molecule has 2 aliphatic heterocycles. The molecule has 0 unspecified atom stereocenters. The summed E-state index contributed by atoms with van der Waals surface area (Å²) >= 11 is 0. The van der Waals surface area contributed by atoms with E-state index in [1.165, 1.54) is 17.0 Å². The van der Waals surface area contributed by atoms with Crippen molar-refractivity contribution in [2.45, 2.75) is 125 Å². The molecule has 2 saturated heterocycles. The first kappa shape index (κ1) is 60.9. The number of guanidine groups is 1. The molecule has 2 heterocycles. The average Bonchev–Trinajstić information content (AvgIpc) is 3.85. The molecule has 0 saturated carbocycles. The fourth-order valence-corrected chi connectivity index (χ4v) is 10.8. The number of rotatable bonds is 19. The maximum Gasteiger partial charge on any atom is 0.246 e. The predicted molar refractivity (Wildman–Crippen MR) is 281 cm³/mol. The highest BCUT2D eigenvalue weighted by Gasteiger charge is 2.41. The minimum absolute atomic E-state index is 0.00864. The van der Waals surface area contributed by atoms with Crippen molar-refractivity contribution in [3.63, 3.8) is 0 Å². The van der Waals surface area contributed by atoms with Crippen molar-refractivity contribution in [3.8, 4) is 5.75 Å². The van der Waals surface area contributed by atoms with Gasteiger partial charge in [-0.2, -0.15) is 0 Å². The number of nitrogens with zero attached hydrogens (tertiary/aromatic N) is 2. The number of primary amides is 3. The van der Waals surface area contributed by atoms with Crippen LogP contribution in [0.1, 0.15) is 76.3 Å². The number of hydrogen-bond donors (Lipinski definition) is 13. The molecule has 76 heavy (non-hydrogen) atoms. The Labute approximate surface area is 446 Å². The molecule has 28 heteroatoms. The average molecular weight is 1100 g/mol. The van der Waals surface area contributed by atoms with Crippen LogP contribution < -0.4 is 65.9 Å². The number of aromatic hydroxyl groups is 1. The number of likely N-dealkylation sites (tertiary alicyclic amines) is 1. The summed E-state index contributed by atoms with van der Waals surface area (Å²) in [7, 11) is 2.22. The molecule has 0 aromatic heterocycles. The Morgan fingerprint density at radius 3 is 1.97 bits per heavy atom. The van der Waals surface area contributed by atoms with E-state index in [9.17, 15) is 57.8 Å². The SMILES string of the molecule is CC1(C)CC(=O)N[C@@H](Cc2ccc(O)cc2)C(=O)N[C@@H](Cc2ccccc2)C(=O)N[C@@H](CCC(N)=O)C(=O)N[C@@H](CC(N)=O)C(=O)N[C@H](C(=O)N2CCC[C@H]2C(=O)N[C@@H](CCCN=C(N)N)C(=O)NCC(N)=O)CSS1. The van der Waals surface area contributed by atoms with E-state index in [1.54, 1.807) is 56.3 Å². The molecule has 11 amide bonds. The standard InChI is InChI=1S/C48H68N14O12S2/c1-48(2)23-39(67)56-31(21-27-12-14-28(63)15-13-27)42(70)59-32(20-26-8-4-3-5-9-26)43(71)57-30(16-17-36(49)64)41(69)60-33(22-37(50)65)44(72)61-34(25-75-76-48)46(74)62-19-7-11-35(62)45(73)58-29(10-6-18-54-47(52)53)40(68)55-24-38(51)66/h3-5,8-9,12-15,29-35,63H,6-7,10-11,16-25H2,1-2H3,(H2,49,64)(H2,50,65)(H2,51,66)(H,55,68)(H,56,67)(H,57,71)(H,58,73)(H,59,70)(H,60,69)(H,61,72)(H4,52,53,54)/t29-,30-,31-,32-,33-,34-,35-/m0/s1. The van der Waals surface area contributed by atoms with E-state index in [2.05, 4.69) is 42.2 Å². The van der Waals surface area contributed by atoms with Gasteiger partial charge in [0.2, 0.25) is 65.0 Å². The molecule has 18 N–H and O–H groups in total. The van der Waals surface area contributed by atoms with Crippen molar-refractivity contribution in [2.24, 2.45) is 33.7 Å². The van der Waals surface area contributed by atoms with Crippen LogP contribution in [0, 0.1) is 0 Å². The fraction of sp³-hybridized carbons (Fsp3) is 0.500. The van der Waals surface area contributed by atoms with Crippen molar-refractivity contribution in [1.82, 2.24) is 42.1 Å². The number of hydrogen-bond acceptors (Lipinski definition) is 15.